The maximum atomic E-state index is 12.9. The van der Waals surface area contributed by atoms with Crippen molar-refractivity contribution < 1.29 is 56.3 Å². The van der Waals surface area contributed by atoms with E-state index >= 15 is 0 Å². The van der Waals surface area contributed by atoms with Gasteiger partial charge in [0, 0.05) is 156 Å². The zero-order chi connectivity index (χ0) is 97.7. The molecule has 7 atom stereocenters. The molecule has 0 aliphatic carbocycles. The average Bonchev–Trinajstić information content (AvgIpc) is 1.69. The fourth-order valence-electron chi connectivity index (χ4n) is 24.5. The van der Waals surface area contributed by atoms with Gasteiger partial charge in [0.05, 0.1) is 38.6 Å². The van der Waals surface area contributed by atoms with Gasteiger partial charge < -0.3 is 103 Å². The first-order chi connectivity index (χ1) is 64.5. The predicted octanol–water partition coefficient (Wildman–Crippen LogP) is 12.7. The maximum absolute atomic E-state index is 12.9. The molecule has 1 N–H and O–H groups in total. The first-order valence-corrected chi connectivity index (χ1v) is 52.6. The Labute approximate surface area is 811 Å². The van der Waals surface area contributed by atoms with Crippen molar-refractivity contribution in [2.45, 2.75) is 268 Å². The van der Waals surface area contributed by atoms with Crippen molar-refractivity contribution >= 4 is 42.2 Å². The number of pyridine rings is 1. The molecule has 1 aromatic heterocycles. The zero-order valence-electron chi connectivity index (χ0n) is 86.9. The second-order valence-electron chi connectivity index (χ2n) is 43.2. The van der Waals surface area contributed by atoms with Crippen LogP contribution >= 0.6 is 0 Å². The first-order valence-electron chi connectivity index (χ1n) is 52.6. The molecule has 772 valence electrons. The minimum atomic E-state index is -4.34. The number of likely N-dealkylation sites (tertiary alicyclic amines) is 14. The monoisotopic (exact) mass is 1910 g/mol. The number of carbonyl (C=O) groups is 7. The van der Waals surface area contributed by atoms with Gasteiger partial charge in [-0.25, -0.2) is 39.0 Å². The lowest BCUT2D eigenvalue weighted by molar-refractivity contribution is -0.138. The molecule has 135 heavy (non-hydrogen) atoms. The van der Waals surface area contributed by atoms with Gasteiger partial charge >= 0.3 is 48.4 Å². The predicted molar refractivity (Wildman–Crippen MR) is 529 cm³/mol. The van der Waals surface area contributed by atoms with Crippen LogP contribution in [0.15, 0.2) is 24.4 Å². The summed E-state index contributed by atoms with van der Waals surface area (Å²) in [6.07, 6.45) is 30.2. The van der Waals surface area contributed by atoms with Crippen LogP contribution in [0.1, 0.15) is 206 Å². The number of aromatic nitrogens is 1. The van der Waals surface area contributed by atoms with Gasteiger partial charge in [-0.05, 0) is 395 Å². The van der Waals surface area contributed by atoms with Crippen LogP contribution in [0.5, 0.6) is 0 Å². The van der Waals surface area contributed by atoms with E-state index in [0.29, 0.717) is 104 Å². The number of amides is 14. The number of hydrogen-bond acceptors (Lipinski definition) is 17. The Bertz CT molecular complexity index is 3600. The van der Waals surface area contributed by atoms with Crippen LogP contribution in [0.2, 0.25) is 0 Å². The second-order valence-corrected chi connectivity index (χ2v) is 43.2. The third-order valence-corrected chi connectivity index (χ3v) is 32.8. The number of urea groups is 7. The lowest BCUT2D eigenvalue weighted by atomic mass is 9.88. The van der Waals surface area contributed by atoms with E-state index in [1.807, 2.05) is 80.1 Å². The highest BCUT2D eigenvalue weighted by Crippen LogP contribution is 2.40. The largest absolute Gasteiger partial charge is 0.406 e. The molecule has 0 radical (unpaired) electrons. The van der Waals surface area contributed by atoms with Crippen LogP contribution in [0.3, 0.4) is 0 Å². The van der Waals surface area contributed by atoms with Gasteiger partial charge in [-0.2, -0.15) is 13.2 Å². The molecule has 16 rings (SSSR count). The Morgan fingerprint density at radius 1 is 0.385 bits per heavy atom. The topological polar surface area (TPSA) is 228 Å². The summed E-state index contributed by atoms with van der Waals surface area (Å²) in [5.41, 5.74) is 3.38. The number of hydroxylamine groups is 1. The Morgan fingerprint density at radius 2 is 0.652 bits per heavy atom. The summed E-state index contributed by atoms with van der Waals surface area (Å²) < 4.78 is 42.5. The normalized spacial score (nSPS) is 26.4. The zero-order valence-corrected chi connectivity index (χ0v) is 86.9. The van der Waals surface area contributed by atoms with E-state index in [1.54, 1.807) is 20.9 Å². The summed E-state index contributed by atoms with van der Waals surface area (Å²) in [4.78, 5) is 137. The molecule has 16 heterocycles. The minimum absolute atomic E-state index is 0.0751. The standard InChI is InChI=1S/C18H28N4O.C16H31N3O.C15H27N3O2.C14H24F3N3O.2C13H25N3O.C12H23N3O2/c1-20-12-8-15(9-13-20)17-7-5-11-22(17)18(23)21(2)14-16-6-3-4-10-19-16;1-5-18(13(2)3)16(20)19-10-6-7-15(19)14-8-11-17(4)12-9-14;1-16-8-5-12(6-9-16)14-4-3-7-18(14)15(19)17(2)13-10-20-11-13;1-18-8-5-11(6-9-18)12-4-3-7-20(12)13(21)19(2)10-14(15,16)17;2*1-14(2)13(17)16-8-4-5-12(16)11-6-9-15(3)10-7-11;1-14-8-5-10(6-9-14)11-4-3-7-15(11)12(16)13-17-2/h3-4,6,10,15,17H,5,7-9,11-14H2,1-2H3;13-15H,5-12H2,1-4H3;12-14H,3-11H2,1-2H3;11-12H,3-10H2,1-2H3;2*11-12H,4-10H2,1-3H3;10-11H,3-9H2,1-2H3,(H,13,16)/t17-;15-;14-;2*12-;;11-/m00000.0/s1. The van der Waals surface area contributed by atoms with Crippen LogP contribution < -0.4 is 5.48 Å². The second kappa shape index (κ2) is 54.5. The molecule has 31 nitrogen and oxygen atoms in total. The number of ether oxygens (including phenoxy) is 1. The SMILES string of the molecule is CCN(C(=O)N1CCC[C@H]1C1CCN(C)CC1)C(C)C.CN1CCC(C2CCCN2C(=O)N(C)C)CC1.CN1CCC([C@@H]2CCCN2C(=O)N(C)C)CC1.CN1CCC([C@@H]2CCCN2C(=O)N(C)C2COC2)CC1.CN1CCC([C@@H]2CCCN2C(=O)N(C)CC(F)(F)F)CC1.CN1CCC([C@@H]2CCCN2C(=O)N(C)Cc2ccccn2)CC1.CONC(=O)N1CCC[C@H]1C1CCN(C)CC1. The Hall–Kier alpha value is -6.53. The molecule has 34 heteroatoms. The summed E-state index contributed by atoms with van der Waals surface area (Å²) >= 11 is 0. The van der Waals surface area contributed by atoms with Crippen molar-refractivity contribution in [3.63, 3.8) is 0 Å². The van der Waals surface area contributed by atoms with Crippen LogP contribution in [0.4, 0.5) is 46.7 Å². The van der Waals surface area contributed by atoms with Crippen LogP contribution in [-0.2, 0) is 16.1 Å². The molecule has 15 aliphatic heterocycles. The number of carbonyl (C=O) groups excluding carboxylic acids is 7. The van der Waals surface area contributed by atoms with Gasteiger partial charge in [-0.15, -0.1) is 0 Å². The maximum Gasteiger partial charge on any atom is 0.406 e. The van der Waals surface area contributed by atoms with Gasteiger partial charge in [-0.1, -0.05) is 6.07 Å². The molecule has 0 saturated carbocycles. The van der Waals surface area contributed by atoms with Crippen molar-refractivity contribution in [2.24, 2.45) is 41.4 Å². The summed E-state index contributed by atoms with van der Waals surface area (Å²) in [6.45, 7) is 30.2. The molecule has 15 saturated heterocycles. The van der Waals surface area contributed by atoms with E-state index in [9.17, 15) is 46.7 Å². The van der Waals surface area contributed by atoms with Gasteiger partial charge in [0.2, 0.25) is 0 Å². The third-order valence-electron chi connectivity index (χ3n) is 32.8. The van der Waals surface area contributed by atoms with E-state index < -0.39 is 18.8 Å². The quantitative estimate of drug-likeness (QED) is 0.171. The summed E-state index contributed by atoms with van der Waals surface area (Å²) in [5, 5.41) is 0. The smallest absolute Gasteiger partial charge is 0.377 e. The number of rotatable bonds is 14. The molecule has 14 amide bonds. The van der Waals surface area contributed by atoms with Crippen molar-refractivity contribution in [3.05, 3.63) is 30.1 Å². The van der Waals surface area contributed by atoms with E-state index in [2.05, 4.69) is 139 Å². The lowest BCUT2D eigenvalue weighted by Crippen LogP contribution is -2.55. The molecular formula is C101H183F3N22O9. The van der Waals surface area contributed by atoms with Crippen LogP contribution in [-0.4, -0.2) is 475 Å². The average molecular weight is 1910 g/mol. The molecule has 1 aromatic rings. The van der Waals surface area contributed by atoms with Crippen molar-refractivity contribution in [1.82, 2.24) is 108 Å². The highest BCUT2D eigenvalue weighted by Gasteiger charge is 2.46. The van der Waals surface area contributed by atoms with E-state index in [1.165, 1.54) is 189 Å². The number of likely N-dealkylation sites (N-methyl/N-ethyl adjacent to an activating group) is 1. The van der Waals surface area contributed by atoms with Gasteiger partial charge in [0.15, 0.2) is 0 Å². The Kier molecular flexibility index (Phi) is 44.6. The number of hydrogen-bond donors (Lipinski definition) is 1. The molecular weight excluding hydrogens is 1720 g/mol. The minimum Gasteiger partial charge on any atom is -0.377 e. The number of piperidine rings is 7. The summed E-state index contributed by atoms with van der Waals surface area (Å²) in [5.74, 6) is 4.60. The highest BCUT2D eigenvalue weighted by molar-refractivity contribution is 5.78. The third kappa shape index (κ3) is 32.2. The molecule has 0 spiro atoms. The van der Waals surface area contributed by atoms with E-state index in [4.69, 9.17) is 9.57 Å². The number of alkyl halides is 3. The van der Waals surface area contributed by atoms with Gasteiger partial charge in [-0.3, -0.25) is 9.82 Å². The molecule has 0 aromatic carbocycles. The first kappa shape index (κ1) is 110. The summed E-state index contributed by atoms with van der Waals surface area (Å²) in [6, 6.07) is 9.86. The fourth-order valence-corrected chi connectivity index (χ4v) is 24.5. The molecule has 1 unspecified atom stereocenters. The van der Waals surface area contributed by atoms with Crippen LogP contribution in [0.25, 0.3) is 0 Å². The molecule has 15 aliphatic rings. The Morgan fingerprint density at radius 3 is 0.896 bits per heavy atom. The lowest BCUT2D eigenvalue weighted by Gasteiger charge is -2.41. The van der Waals surface area contributed by atoms with Crippen molar-refractivity contribution in [1.29, 1.82) is 0 Å². The van der Waals surface area contributed by atoms with Gasteiger partial charge in [0.1, 0.15) is 6.54 Å². The highest BCUT2D eigenvalue weighted by atomic mass is 19.4. The van der Waals surface area contributed by atoms with E-state index in [-0.39, 0.29) is 42.2 Å². The van der Waals surface area contributed by atoms with E-state index in [0.717, 1.165) is 165 Å². The fraction of sp³-hybridized carbons (Fsp3) is 0.881. The van der Waals surface area contributed by atoms with Crippen LogP contribution in [0, 0.1) is 41.4 Å². The number of halogens is 3. The molecule has 0 bridgehead atoms. The Balaban J connectivity index is 0.000000163. The number of nitrogens with one attached hydrogen (secondary N) is 1. The summed E-state index contributed by atoms with van der Waals surface area (Å²) in [7, 11) is 29.2. The van der Waals surface area contributed by atoms with Crippen molar-refractivity contribution in [2.75, 3.05) is 270 Å². The van der Waals surface area contributed by atoms with Crippen molar-refractivity contribution in [3.8, 4) is 0 Å². The molecule has 15 fully saturated rings. The number of nitrogens with zero attached hydrogens (tertiary/aromatic N) is 21. The van der Waals surface area contributed by atoms with Gasteiger partial charge in [0.25, 0.3) is 0 Å².